The maximum absolute atomic E-state index is 10.7. The summed E-state index contributed by atoms with van der Waals surface area (Å²) in [7, 11) is 3.85. The second kappa shape index (κ2) is 4.80. The van der Waals surface area contributed by atoms with Crippen LogP contribution in [-0.4, -0.2) is 41.2 Å². The zero-order valence-corrected chi connectivity index (χ0v) is 10.8. The van der Waals surface area contributed by atoms with Crippen LogP contribution in [0.4, 0.5) is 11.6 Å². The summed E-state index contributed by atoms with van der Waals surface area (Å²) in [6, 6.07) is 2.08. The van der Waals surface area contributed by atoms with Crippen LogP contribution in [0.2, 0.25) is 0 Å². The summed E-state index contributed by atoms with van der Waals surface area (Å²) in [5.74, 6) is 1.40. The van der Waals surface area contributed by atoms with Crippen molar-refractivity contribution in [1.29, 1.82) is 0 Å². The highest BCUT2D eigenvalue weighted by molar-refractivity contribution is 5.71. The Morgan fingerprint density at radius 2 is 2.11 bits per heavy atom. The Morgan fingerprint density at radius 1 is 1.44 bits per heavy atom. The largest absolute Gasteiger partial charge is 0.481 e. The molecular weight excluding hydrogens is 232 g/mol. The van der Waals surface area contributed by atoms with Crippen LogP contribution in [0.15, 0.2) is 6.07 Å². The zero-order chi connectivity index (χ0) is 13.3. The second-order valence-corrected chi connectivity index (χ2v) is 4.90. The number of hydrogen-bond acceptors (Lipinski definition) is 5. The van der Waals surface area contributed by atoms with Crippen molar-refractivity contribution in [2.24, 2.45) is 5.92 Å². The van der Waals surface area contributed by atoms with Crippen molar-refractivity contribution in [1.82, 2.24) is 9.97 Å². The highest BCUT2D eigenvalue weighted by atomic mass is 16.4. The molecule has 0 unspecified atom stereocenters. The molecule has 0 atom stereocenters. The third-order valence-electron chi connectivity index (χ3n) is 3.12. The van der Waals surface area contributed by atoms with Crippen LogP contribution in [0, 0.1) is 12.8 Å². The standard InChI is InChI=1S/C12H18N4O2/c1-7-13-10(6-11(14-7)16(2)3)15-9-4-8(5-9)12(17)18/h6,8-9H,4-5H2,1-3H3,(H,17,18)(H,13,14,15). The van der Waals surface area contributed by atoms with E-state index in [0.717, 1.165) is 11.6 Å². The van der Waals surface area contributed by atoms with Gasteiger partial charge in [0.15, 0.2) is 0 Å². The van der Waals surface area contributed by atoms with Crippen LogP contribution in [-0.2, 0) is 4.79 Å². The minimum atomic E-state index is -0.708. The van der Waals surface area contributed by atoms with E-state index >= 15 is 0 Å². The van der Waals surface area contributed by atoms with Gasteiger partial charge in [0.05, 0.1) is 5.92 Å². The monoisotopic (exact) mass is 250 g/mol. The van der Waals surface area contributed by atoms with Crippen molar-refractivity contribution >= 4 is 17.6 Å². The smallest absolute Gasteiger partial charge is 0.306 e. The van der Waals surface area contributed by atoms with Crippen LogP contribution >= 0.6 is 0 Å². The number of rotatable bonds is 4. The third kappa shape index (κ3) is 2.69. The first kappa shape index (κ1) is 12.6. The topological polar surface area (TPSA) is 78.3 Å². The molecule has 1 aliphatic rings. The summed E-state index contributed by atoms with van der Waals surface area (Å²) in [4.78, 5) is 21.3. The van der Waals surface area contributed by atoms with Gasteiger partial charge in [-0.3, -0.25) is 4.79 Å². The first-order chi connectivity index (χ1) is 8.45. The van der Waals surface area contributed by atoms with Gasteiger partial charge in [0.1, 0.15) is 17.5 Å². The molecule has 2 rings (SSSR count). The lowest BCUT2D eigenvalue weighted by Gasteiger charge is -2.33. The minimum Gasteiger partial charge on any atom is -0.481 e. The average molecular weight is 250 g/mol. The van der Waals surface area contributed by atoms with Crippen molar-refractivity contribution in [3.05, 3.63) is 11.9 Å². The summed E-state index contributed by atoms with van der Waals surface area (Å²) >= 11 is 0. The maximum atomic E-state index is 10.7. The van der Waals surface area contributed by atoms with E-state index in [1.807, 2.05) is 32.0 Å². The summed E-state index contributed by atoms with van der Waals surface area (Å²) in [5, 5.41) is 12.1. The summed E-state index contributed by atoms with van der Waals surface area (Å²) in [6.45, 7) is 1.85. The third-order valence-corrected chi connectivity index (χ3v) is 3.12. The van der Waals surface area contributed by atoms with E-state index in [1.54, 1.807) is 0 Å². The molecule has 0 amide bonds. The van der Waals surface area contributed by atoms with Crippen molar-refractivity contribution in [3.63, 3.8) is 0 Å². The molecule has 6 nitrogen and oxygen atoms in total. The van der Waals surface area contributed by atoms with E-state index in [0.29, 0.717) is 18.7 Å². The first-order valence-electron chi connectivity index (χ1n) is 5.98. The summed E-state index contributed by atoms with van der Waals surface area (Å²) in [6.07, 6.45) is 1.32. The van der Waals surface area contributed by atoms with Crippen LogP contribution in [0.5, 0.6) is 0 Å². The molecular formula is C12H18N4O2. The van der Waals surface area contributed by atoms with Crippen LogP contribution in [0.3, 0.4) is 0 Å². The van der Waals surface area contributed by atoms with E-state index in [4.69, 9.17) is 5.11 Å². The van der Waals surface area contributed by atoms with E-state index in [1.165, 1.54) is 0 Å². The molecule has 1 heterocycles. The predicted octanol–water partition coefficient (Wildman–Crippen LogP) is 1.13. The number of anilines is 2. The number of nitrogens with one attached hydrogen (secondary N) is 1. The molecule has 0 saturated heterocycles. The van der Waals surface area contributed by atoms with Gasteiger partial charge in [0.2, 0.25) is 0 Å². The fraction of sp³-hybridized carbons (Fsp3) is 0.583. The number of aryl methyl sites for hydroxylation is 1. The van der Waals surface area contributed by atoms with Gasteiger partial charge in [-0.2, -0.15) is 0 Å². The molecule has 0 aliphatic heterocycles. The molecule has 1 aromatic heterocycles. The van der Waals surface area contributed by atoms with Crippen LogP contribution < -0.4 is 10.2 Å². The highest BCUT2D eigenvalue weighted by Crippen LogP contribution is 2.30. The fourth-order valence-corrected chi connectivity index (χ4v) is 2.00. The van der Waals surface area contributed by atoms with Gasteiger partial charge in [-0.1, -0.05) is 0 Å². The number of aromatic nitrogens is 2. The van der Waals surface area contributed by atoms with E-state index in [-0.39, 0.29) is 12.0 Å². The molecule has 0 radical (unpaired) electrons. The molecule has 0 bridgehead atoms. The fourth-order valence-electron chi connectivity index (χ4n) is 2.00. The van der Waals surface area contributed by atoms with Crippen LogP contribution in [0.1, 0.15) is 18.7 Å². The molecule has 6 heteroatoms. The number of nitrogens with zero attached hydrogens (tertiary/aromatic N) is 3. The maximum Gasteiger partial charge on any atom is 0.306 e. The Bertz CT molecular complexity index is 455. The van der Waals surface area contributed by atoms with Gasteiger partial charge in [-0.15, -0.1) is 0 Å². The Labute approximate surface area is 106 Å². The molecule has 2 N–H and O–H groups in total. The zero-order valence-electron chi connectivity index (χ0n) is 10.8. The van der Waals surface area contributed by atoms with E-state index in [2.05, 4.69) is 15.3 Å². The van der Waals surface area contributed by atoms with Gasteiger partial charge in [-0.05, 0) is 19.8 Å². The quantitative estimate of drug-likeness (QED) is 0.834. The number of aliphatic carboxylic acids is 1. The van der Waals surface area contributed by atoms with E-state index < -0.39 is 5.97 Å². The normalized spacial score (nSPS) is 22.2. The summed E-state index contributed by atoms with van der Waals surface area (Å²) < 4.78 is 0. The number of carboxylic acid groups (broad SMARTS) is 1. The molecule has 1 aliphatic carbocycles. The van der Waals surface area contributed by atoms with E-state index in [9.17, 15) is 4.79 Å². The van der Waals surface area contributed by atoms with Gasteiger partial charge in [0.25, 0.3) is 0 Å². The summed E-state index contributed by atoms with van der Waals surface area (Å²) in [5.41, 5.74) is 0. The van der Waals surface area contributed by atoms with Gasteiger partial charge in [-0.25, -0.2) is 9.97 Å². The number of carboxylic acids is 1. The predicted molar refractivity (Wildman–Crippen MR) is 68.9 cm³/mol. The second-order valence-electron chi connectivity index (χ2n) is 4.90. The Kier molecular flexibility index (Phi) is 3.36. The Hall–Kier alpha value is -1.85. The molecule has 18 heavy (non-hydrogen) atoms. The van der Waals surface area contributed by atoms with Gasteiger partial charge < -0.3 is 15.3 Å². The van der Waals surface area contributed by atoms with Crippen molar-refractivity contribution < 1.29 is 9.90 Å². The molecule has 1 saturated carbocycles. The average Bonchev–Trinajstić information content (AvgIpc) is 2.21. The van der Waals surface area contributed by atoms with Crippen molar-refractivity contribution in [3.8, 4) is 0 Å². The lowest BCUT2D eigenvalue weighted by Crippen LogP contribution is -2.39. The number of hydrogen-bond donors (Lipinski definition) is 2. The first-order valence-corrected chi connectivity index (χ1v) is 5.98. The van der Waals surface area contributed by atoms with Crippen LogP contribution in [0.25, 0.3) is 0 Å². The van der Waals surface area contributed by atoms with Gasteiger partial charge in [0, 0.05) is 26.2 Å². The Morgan fingerprint density at radius 3 is 2.67 bits per heavy atom. The SMILES string of the molecule is Cc1nc(NC2CC(C(=O)O)C2)cc(N(C)C)n1. The molecule has 98 valence electrons. The lowest BCUT2D eigenvalue weighted by molar-refractivity contribution is -0.144. The van der Waals surface area contributed by atoms with Crippen molar-refractivity contribution in [2.75, 3.05) is 24.3 Å². The van der Waals surface area contributed by atoms with Gasteiger partial charge >= 0.3 is 5.97 Å². The molecule has 1 fully saturated rings. The molecule has 0 aromatic carbocycles. The van der Waals surface area contributed by atoms with Crippen molar-refractivity contribution in [2.45, 2.75) is 25.8 Å². The Balaban J connectivity index is 2.00. The lowest BCUT2D eigenvalue weighted by atomic mass is 9.80. The number of carbonyl (C=O) groups is 1. The molecule has 1 aromatic rings. The highest BCUT2D eigenvalue weighted by Gasteiger charge is 2.34. The molecule has 0 spiro atoms. The minimum absolute atomic E-state index is 0.204.